The van der Waals surface area contributed by atoms with Crippen molar-refractivity contribution in [1.82, 2.24) is 9.80 Å². The Morgan fingerprint density at radius 2 is 1.62 bits per heavy atom. The molecule has 37 heavy (non-hydrogen) atoms. The molecule has 6 nitrogen and oxygen atoms in total. The minimum atomic E-state index is -0.337. The molecule has 7 heteroatoms. The van der Waals surface area contributed by atoms with Gasteiger partial charge in [0.05, 0.1) is 19.4 Å². The molecule has 0 spiro atoms. The number of hydrogen-bond donors (Lipinski definition) is 0. The number of halogens is 1. The molecule has 0 aliphatic heterocycles. The quantitative estimate of drug-likeness (QED) is 0.241. The van der Waals surface area contributed by atoms with E-state index in [0.29, 0.717) is 17.9 Å². The van der Waals surface area contributed by atoms with E-state index in [1.165, 1.54) is 41.9 Å². The summed E-state index contributed by atoms with van der Waals surface area (Å²) in [6.07, 6.45) is 7.32. The minimum Gasteiger partial charge on any atom is -0.467 e. The summed E-state index contributed by atoms with van der Waals surface area (Å²) in [5.41, 5.74) is 2.53. The lowest BCUT2D eigenvalue weighted by atomic mass is 10.0. The van der Waals surface area contributed by atoms with Gasteiger partial charge in [0, 0.05) is 25.8 Å². The number of methoxy groups -OCH3 is 1. The van der Waals surface area contributed by atoms with Gasteiger partial charge in [-0.25, -0.2) is 4.39 Å². The highest BCUT2D eigenvalue weighted by atomic mass is 19.1. The summed E-state index contributed by atoms with van der Waals surface area (Å²) in [6, 6.07) is 17.2. The molecule has 3 aromatic rings. The molecule has 0 bridgehead atoms. The SMILES string of the molecule is CCCCCCc1ccc(C(=O)N(CCOC)CC(=O)N(Cc2ccc(F)cc2)Cc2ccco2)cc1. The van der Waals surface area contributed by atoms with Crippen LogP contribution in [0.4, 0.5) is 4.39 Å². The molecule has 0 atom stereocenters. The maximum atomic E-state index is 13.5. The molecule has 198 valence electrons. The Morgan fingerprint density at radius 1 is 0.892 bits per heavy atom. The summed E-state index contributed by atoms with van der Waals surface area (Å²) in [5, 5.41) is 0. The number of aryl methyl sites for hydroxylation is 1. The van der Waals surface area contributed by atoms with Crippen LogP contribution in [0.1, 0.15) is 59.9 Å². The van der Waals surface area contributed by atoms with Crippen molar-refractivity contribution in [3.63, 3.8) is 0 Å². The van der Waals surface area contributed by atoms with Crippen LogP contribution in [-0.2, 0) is 29.0 Å². The number of carbonyl (C=O) groups is 2. The molecule has 0 aliphatic carbocycles. The molecule has 3 rings (SSSR count). The Bertz CT molecular complexity index is 1080. The highest BCUT2D eigenvalue weighted by Crippen LogP contribution is 2.15. The first kappa shape index (κ1) is 28.1. The molecule has 0 aliphatic rings. The predicted molar refractivity (Wildman–Crippen MR) is 141 cm³/mol. The van der Waals surface area contributed by atoms with Crippen LogP contribution in [0.25, 0.3) is 0 Å². The van der Waals surface area contributed by atoms with E-state index in [-0.39, 0.29) is 43.8 Å². The van der Waals surface area contributed by atoms with Gasteiger partial charge in [0.1, 0.15) is 18.1 Å². The van der Waals surface area contributed by atoms with E-state index in [0.717, 1.165) is 18.4 Å². The Morgan fingerprint density at radius 3 is 2.27 bits per heavy atom. The first-order chi connectivity index (χ1) is 18.0. The van der Waals surface area contributed by atoms with Gasteiger partial charge in [-0.1, -0.05) is 50.5 Å². The fourth-order valence-corrected chi connectivity index (χ4v) is 4.10. The molecule has 0 saturated heterocycles. The number of benzene rings is 2. The zero-order valence-corrected chi connectivity index (χ0v) is 21.8. The van der Waals surface area contributed by atoms with E-state index in [4.69, 9.17) is 9.15 Å². The summed E-state index contributed by atoms with van der Waals surface area (Å²) in [6.45, 7) is 3.18. The average Bonchev–Trinajstić information content (AvgIpc) is 3.43. The summed E-state index contributed by atoms with van der Waals surface area (Å²) in [7, 11) is 1.57. The molecular weight excluding hydrogens is 471 g/mol. The van der Waals surface area contributed by atoms with E-state index in [2.05, 4.69) is 6.92 Å². The highest BCUT2D eigenvalue weighted by Gasteiger charge is 2.23. The van der Waals surface area contributed by atoms with Crippen molar-refractivity contribution >= 4 is 11.8 Å². The monoisotopic (exact) mass is 508 g/mol. The van der Waals surface area contributed by atoms with Gasteiger partial charge in [0.15, 0.2) is 0 Å². The van der Waals surface area contributed by atoms with Crippen molar-refractivity contribution in [3.05, 3.63) is 95.2 Å². The molecule has 0 N–H and O–H groups in total. The van der Waals surface area contributed by atoms with Gasteiger partial charge in [0.25, 0.3) is 5.91 Å². The molecule has 1 heterocycles. The van der Waals surface area contributed by atoms with Gasteiger partial charge in [-0.05, 0) is 60.4 Å². The van der Waals surface area contributed by atoms with Crippen LogP contribution < -0.4 is 0 Å². The molecule has 0 radical (unpaired) electrons. The summed E-state index contributed by atoms with van der Waals surface area (Å²) in [5.74, 6) is -0.170. The fraction of sp³-hybridized carbons (Fsp3) is 0.400. The Kier molecular flexibility index (Phi) is 11.4. The highest BCUT2D eigenvalue weighted by molar-refractivity contribution is 5.96. The van der Waals surface area contributed by atoms with Gasteiger partial charge in [-0.15, -0.1) is 0 Å². The summed E-state index contributed by atoms with van der Waals surface area (Å²) >= 11 is 0. The second kappa shape index (κ2) is 15.0. The van der Waals surface area contributed by atoms with Gasteiger partial charge < -0.3 is 19.0 Å². The van der Waals surface area contributed by atoms with E-state index in [9.17, 15) is 14.0 Å². The number of rotatable bonds is 15. The van der Waals surface area contributed by atoms with E-state index in [1.807, 2.05) is 24.3 Å². The van der Waals surface area contributed by atoms with Crippen LogP contribution in [0.5, 0.6) is 0 Å². The van der Waals surface area contributed by atoms with Crippen LogP contribution in [0, 0.1) is 5.82 Å². The van der Waals surface area contributed by atoms with Crippen LogP contribution in [0.3, 0.4) is 0 Å². The lowest BCUT2D eigenvalue weighted by molar-refractivity contribution is -0.133. The summed E-state index contributed by atoms with van der Waals surface area (Å²) in [4.78, 5) is 29.9. The topological polar surface area (TPSA) is 63.0 Å². The second-order valence-corrected chi connectivity index (χ2v) is 9.18. The van der Waals surface area contributed by atoms with Crippen molar-refractivity contribution in [3.8, 4) is 0 Å². The smallest absolute Gasteiger partial charge is 0.254 e. The van der Waals surface area contributed by atoms with E-state index >= 15 is 0 Å². The zero-order valence-electron chi connectivity index (χ0n) is 21.8. The lowest BCUT2D eigenvalue weighted by Gasteiger charge is -2.27. The summed E-state index contributed by atoms with van der Waals surface area (Å²) < 4.78 is 24.1. The van der Waals surface area contributed by atoms with Crippen molar-refractivity contribution < 1.29 is 23.1 Å². The van der Waals surface area contributed by atoms with Gasteiger partial charge in [0.2, 0.25) is 5.91 Å². The molecule has 2 amide bonds. The molecular formula is C30H37FN2O4. The van der Waals surface area contributed by atoms with Crippen molar-refractivity contribution in [1.29, 1.82) is 0 Å². The number of unbranched alkanes of at least 4 members (excludes halogenated alkanes) is 3. The first-order valence-electron chi connectivity index (χ1n) is 12.9. The third-order valence-corrected chi connectivity index (χ3v) is 6.26. The second-order valence-electron chi connectivity index (χ2n) is 9.18. The Balaban J connectivity index is 1.71. The van der Waals surface area contributed by atoms with Crippen molar-refractivity contribution in [2.45, 2.75) is 52.1 Å². The number of hydrogen-bond acceptors (Lipinski definition) is 4. The lowest BCUT2D eigenvalue weighted by Crippen LogP contribution is -2.43. The maximum Gasteiger partial charge on any atom is 0.254 e. The van der Waals surface area contributed by atoms with Gasteiger partial charge in [-0.2, -0.15) is 0 Å². The molecule has 0 saturated carbocycles. The third-order valence-electron chi connectivity index (χ3n) is 6.26. The van der Waals surface area contributed by atoms with Gasteiger partial charge in [-0.3, -0.25) is 9.59 Å². The molecule has 1 aromatic heterocycles. The molecule has 0 fully saturated rings. The van der Waals surface area contributed by atoms with Crippen molar-refractivity contribution in [2.75, 3.05) is 26.8 Å². The largest absolute Gasteiger partial charge is 0.467 e. The maximum absolute atomic E-state index is 13.5. The third kappa shape index (κ3) is 9.17. The van der Waals surface area contributed by atoms with E-state index in [1.54, 1.807) is 42.5 Å². The standard InChI is InChI=1S/C30H37FN2O4/c1-3-4-5-6-8-24-10-14-26(15-11-24)30(35)32(18-20-36-2)23-29(34)33(22-28-9-7-19-37-28)21-25-12-16-27(31)17-13-25/h7,9-17,19H,3-6,8,18,20-23H2,1-2H3. The average molecular weight is 509 g/mol. The predicted octanol–water partition coefficient (Wildman–Crippen LogP) is 5.86. The number of furan rings is 1. The zero-order chi connectivity index (χ0) is 26.5. The Hall–Kier alpha value is -3.45. The number of carbonyl (C=O) groups excluding carboxylic acids is 2. The number of amides is 2. The van der Waals surface area contributed by atoms with Crippen LogP contribution in [0.15, 0.2) is 71.3 Å². The number of ether oxygens (including phenoxy) is 1. The van der Waals surface area contributed by atoms with Gasteiger partial charge >= 0.3 is 0 Å². The minimum absolute atomic E-state index is 0.108. The van der Waals surface area contributed by atoms with Crippen LogP contribution in [0.2, 0.25) is 0 Å². The van der Waals surface area contributed by atoms with Crippen molar-refractivity contribution in [2.24, 2.45) is 0 Å². The Labute approximate surface area is 219 Å². The normalized spacial score (nSPS) is 10.9. The number of nitrogens with zero attached hydrogens (tertiary/aromatic N) is 2. The van der Waals surface area contributed by atoms with Crippen LogP contribution >= 0.6 is 0 Å². The van der Waals surface area contributed by atoms with Crippen LogP contribution in [-0.4, -0.2) is 48.4 Å². The molecule has 0 unspecified atom stereocenters. The molecule has 2 aromatic carbocycles. The fourth-order valence-electron chi connectivity index (χ4n) is 4.10. The first-order valence-corrected chi connectivity index (χ1v) is 12.9. The van der Waals surface area contributed by atoms with E-state index < -0.39 is 0 Å².